The van der Waals surface area contributed by atoms with Gasteiger partial charge < -0.3 is 23.9 Å². The van der Waals surface area contributed by atoms with Crippen LogP contribution < -0.4 is 9.64 Å². The van der Waals surface area contributed by atoms with Crippen molar-refractivity contribution in [3.63, 3.8) is 0 Å². The monoisotopic (exact) mass is 489 g/mol. The van der Waals surface area contributed by atoms with Crippen molar-refractivity contribution in [1.82, 2.24) is 20.0 Å². The van der Waals surface area contributed by atoms with Crippen LogP contribution >= 0.6 is 0 Å². The number of carbonyl (C=O) groups excluding carboxylic acids is 2. The van der Waals surface area contributed by atoms with E-state index in [1.54, 1.807) is 24.1 Å². The Hall–Kier alpha value is -3.88. The van der Waals surface area contributed by atoms with Crippen LogP contribution in [-0.4, -0.2) is 78.2 Å². The fraction of sp³-hybridized carbons (Fsp3) is 0.407. The van der Waals surface area contributed by atoms with Crippen molar-refractivity contribution in [2.45, 2.75) is 19.3 Å². The molecule has 3 aromatic rings. The molecule has 1 saturated heterocycles. The molecule has 1 saturated carbocycles. The van der Waals surface area contributed by atoms with Gasteiger partial charge in [-0.3, -0.25) is 9.59 Å². The number of amides is 2. The van der Waals surface area contributed by atoms with Gasteiger partial charge in [0.05, 0.1) is 19.1 Å². The quantitative estimate of drug-likeness (QED) is 0.479. The highest BCUT2D eigenvalue weighted by molar-refractivity contribution is 5.94. The number of benzene rings is 1. The third-order valence-electron chi connectivity index (χ3n) is 6.73. The van der Waals surface area contributed by atoms with E-state index in [9.17, 15) is 9.59 Å². The van der Waals surface area contributed by atoms with Crippen molar-refractivity contribution in [3.8, 4) is 17.0 Å². The molecule has 2 aromatic heterocycles. The molecule has 188 valence electrons. The highest BCUT2D eigenvalue weighted by atomic mass is 16.5. The Morgan fingerprint density at radius 2 is 1.86 bits per heavy atom. The van der Waals surface area contributed by atoms with Gasteiger partial charge in [-0.15, -0.1) is 10.2 Å². The summed E-state index contributed by atoms with van der Waals surface area (Å²) in [5, 5.41) is 8.87. The average Bonchev–Trinajstić information content (AvgIpc) is 3.64. The SMILES string of the molecule is COc1ccc(-c2ccc(N3CCCN(C(=O)CN(CC4CC4)C(=O)c4ccco4)CC3)nn2)cc1. The number of aromatic nitrogens is 2. The fourth-order valence-electron chi connectivity index (χ4n) is 4.46. The minimum Gasteiger partial charge on any atom is -0.497 e. The summed E-state index contributed by atoms with van der Waals surface area (Å²) < 4.78 is 10.5. The molecule has 3 heterocycles. The smallest absolute Gasteiger partial charge is 0.290 e. The van der Waals surface area contributed by atoms with Crippen molar-refractivity contribution in [2.24, 2.45) is 5.92 Å². The molecule has 0 atom stereocenters. The molecule has 36 heavy (non-hydrogen) atoms. The van der Waals surface area contributed by atoms with Crippen molar-refractivity contribution in [3.05, 3.63) is 60.6 Å². The first-order valence-electron chi connectivity index (χ1n) is 12.4. The summed E-state index contributed by atoms with van der Waals surface area (Å²) in [5.41, 5.74) is 1.77. The number of furan rings is 1. The molecule has 0 bridgehead atoms. The van der Waals surface area contributed by atoms with Gasteiger partial charge in [-0.1, -0.05) is 0 Å². The van der Waals surface area contributed by atoms with Gasteiger partial charge in [0, 0.05) is 38.3 Å². The Morgan fingerprint density at radius 1 is 1.03 bits per heavy atom. The largest absolute Gasteiger partial charge is 0.497 e. The second-order valence-electron chi connectivity index (χ2n) is 9.33. The highest BCUT2D eigenvalue weighted by Gasteiger charge is 2.31. The van der Waals surface area contributed by atoms with Gasteiger partial charge in [-0.25, -0.2) is 0 Å². The first kappa shape index (κ1) is 23.8. The van der Waals surface area contributed by atoms with Crippen LogP contribution in [0.15, 0.2) is 59.2 Å². The predicted molar refractivity (Wildman–Crippen MR) is 135 cm³/mol. The number of nitrogens with zero attached hydrogens (tertiary/aromatic N) is 5. The zero-order valence-corrected chi connectivity index (χ0v) is 20.5. The van der Waals surface area contributed by atoms with E-state index in [0.29, 0.717) is 32.1 Å². The third kappa shape index (κ3) is 5.67. The molecule has 0 unspecified atom stereocenters. The molecular formula is C27H31N5O4. The van der Waals surface area contributed by atoms with Gasteiger partial charge in [0.1, 0.15) is 12.3 Å². The molecule has 1 aromatic carbocycles. The lowest BCUT2D eigenvalue weighted by Crippen LogP contribution is -2.44. The maximum absolute atomic E-state index is 13.2. The topological polar surface area (TPSA) is 92.0 Å². The minimum absolute atomic E-state index is 0.0293. The zero-order valence-electron chi connectivity index (χ0n) is 20.5. The molecule has 2 aliphatic rings. The Morgan fingerprint density at radius 3 is 2.53 bits per heavy atom. The second-order valence-corrected chi connectivity index (χ2v) is 9.33. The number of hydrogen-bond donors (Lipinski definition) is 0. The molecule has 0 N–H and O–H groups in total. The van der Waals surface area contributed by atoms with E-state index < -0.39 is 0 Å². The number of carbonyl (C=O) groups is 2. The van der Waals surface area contributed by atoms with E-state index in [1.807, 2.05) is 41.3 Å². The summed E-state index contributed by atoms with van der Waals surface area (Å²) in [6.07, 6.45) is 4.52. The Kier molecular flexibility index (Phi) is 7.16. The van der Waals surface area contributed by atoms with E-state index in [4.69, 9.17) is 9.15 Å². The van der Waals surface area contributed by atoms with Gasteiger partial charge in [0.15, 0.2) is 11.6 Å². The normalized spacial score (nSPS) is 15.9. The lowest BCUT2D eigenvalue weighted by molar-refractivity contribution is -0.131. The van der Waals surface area contributed by atoms with Gasteiger partial charge in [-0.2, -0.15) is 0 Å². The molecule has 9 nitrogen and oxygen atoms in total. The van der Waals surface area contributed by atoms with Crippen LogP contribution in [0.2, 0.25) is 0 Å². The molecule has 2 fully saturated rings. The molecule has 9 heteroatoms. The van der Waals surface area contributed by atoms with Crippen LogP contribution in [0.3, 0.4) is 0 Å². The Labute approximate surface area is 210 Å². The minimum atomic E-state index is -0.219. The Bertz CT molecular complexity index is 1160. The molecule has 0 radical (unpaired) electrons. The summed E-state index contributed by atoms with van der Waals surface area (Å²) in [7, 11) is 1.64. The number of anilines is 1. The van der Waals surface area contributed by atoms with E-state index in [-0.39, 0.29) is 24.1 Å². The van der Waals surface area contributed by atoms with Crippen LogP contribution in [0.4, 0.5) is 5.82 Å². The molecule has 0 spiro atoms. The first-order valence-corrected chi connectivity index (χ1v) is 12.4. The summed E-state index contributed by atoms with van der Waals surface area (Å²) in [4.78, 5) is 31.7. The molecule has 1 aliphatic heterocycles. The molecule has 5 rings (SSSR count). The standard InChI is InChI=1S/C27H31N5O4/c1-35-22-9-7-21(8-10-22)23-11-12-25(29-28-23)30-13-3-14-31(16-15-30)26(33)19-32(18-20-5-6-20)27(34)24-4-2-17-36-24/h2,4,7-12,17,20H,3,5-6,13-16,18-19H2,1H3. The molecule has 2 amide bonds. The van der Waals surface area contributed by atoms with Crippen LogP contribution in [0.5, 0.6) is 5.75 Å². The Balaban J connectivity index is 1.19. The molecular weight excluding hydrogens is 458 g/mol. The van der Waals surface area contributed by atoms with E-state index in [1.165, 1.54) is 6.26 Å². The summed E-state index contributed by atoms with van der Waals surface area (Å²) in [6, 6.07) is 15.0. The first-order chi connectivity index (χ1) is 17.6. The zero-order chi connectivity index (χ0) is 24.9. The number of ether oxygens (including phenoxy) is 1. The van der Waals surface area contributed by atoms with Gasteiger partial charge in [-0.05, 0) is 73.7 Å². The third-order valence-corrected chi connectivity index (χ3v) is 6.73. The average molecular weight is 490 g/mol. The van der Waals surface area contributed by atoms with E-state index in [2.05, 4.69) is 15.1 Å². The van der Waals surface area contributed by atoms with Crippen LogP contribution in [0.25, 0.3) is 11.3 Å². The van der Waals surface area contributed by atoms with Crippen molar-refractivity contribution in [1.29, 1.82) is 0 Å². The number of methoxy groups -OCH3 is 1. The maximum Gasteiger partial charge on any atom is 0.290 e. The maximum atomic E-state index is 13.2. The van der Waals surface area contributed by atoms with Crippen molar-refractivity contribution >= 4 is 17.6 Å². The number of hydrogen-bond acceptors (Lipinski definition) is 7. The second kappa shape index (κ2) is 10.8. The van der Waals surface area contributed by atoms with E-state index in [0.717, 1.165) is 48.6 Å². The lowest BCUT2D eigenvalue weighted by atomic mass is 10.1. The number of rotatable bonds is 8. The highest BCUT2D eigenvalue weighted by Crippen LogP contribution is 2.30. The van der Waals surface area contributed by atoms with Gasteiger partial charge >= 0.3 is 0 Å². The fourth-order valence-corrected chi connectivity index (χ4v) is 4.46. The van der Waals surface area contributed by atoms with Gasteiger partial charge in [0.25, 0.3) is 5.91 Å². The lowest BCUT2D eigenvalue weighted by Gasteiger charge is -2.26. The van der Waals surface area contributed by atoms with Crippen LogP contribution in [0.1, 0.15) is 29.8 Å². The van der Waals surface area contributed by atoms with Gasteiger partial charge in [0.2, 0.25) is 5.91 Å². The predicted octanol–water partition coefficient (Wildman–Crippen LogP) is 3.34. The van der Waals surface area contributed by atoms with Crippen LogP contribution in [0, 0.1) is 5.92 Å². The van der Waals surface area contributed by atoms with Crippen molar-refractivity contribution < 1.29 is 18.7 Å². The molecule has 1 aliphatic carbocycles. The van der Waals surface area contributed by atoms with Crippen LogP contribution in [-0.2, 0) is 4.79 Å². The summed E-state index contributed by atoms with van der Waals surface area (Å²) in [5.74, 6) is 2.11. The summed E-state index contributed by atoms with van der Waals surface area (Å²) >= 11 is 0. The van der Waals surface area contributed by atoms with E-state index >= 15 is 0 Å². The summed E-state index contributed by atoms with van der Waals surface area (Å²) in [6.45, 7) is 3.36. The van der Waals surface area contributed by atoms with Crippen molar-refractivity contribution in [2.75, 3.05) is 51.3 Å².